The number of ether oxygens (including phenoxy) is 3. The maximum Gasteiger partial charge on any atom is 0.338 e. The van der Waals surface area contributed by atoms with Crippen molar-refractivity contribution in [1.82, 2.24) is 9.13 Å². The molecule has 0 unspecified atom stereocenters. The van der Waals surface area contributed by atoms with Crippen molar-refractivity contribution in [2.24, 2.45) is 4.99 Å². The number of benzene rings is 1. The summed E-state index contributed by atoms with van der Waals surface area (Å²) in [6.45, 7) is 9.55. The number of methoxy groups -OCH3 is 1. The normalized spacial score (nSPS) is 19.4. The van der Waals surface area contributed by atoms with Crippen molar-refractivity contribution >= 4 is 23.4 Å². The SMILES string of the molecule is CCOC(=O)C1=C(C)N=c2s/c(=C\c3cc(C)n(C[C@H]4CCCO4)c3C)c(=O)n2[C@@H]1c1ccccc1OC. The summed E-state index contributed by atoms with van der Waals surface area (Å²) in [7, 11) is 1.58. The number of hydrogen-bond donors (Lipinski definition) is 0. The molecule has 5 rings (SSSR count). The number of esters is 1. The van der Waals surface area contributed by atoms with Crippen molar-refractivity contribution in [2.75, 3.05) is 20.3 Å². The third-order valence-electron chi connectivity index (χ3n) is 7.26. The van der Waals surface area contributed by atoms with Gasteiger partial charge in [-0.05, 0) is 64.3 Å². The molecular formula is C29H33N3O5S. The van der Waals surface area contributed by atoms with E-state index in [0.717, 1.165) is 42.9 Å². The van der Waals surface area contributed by atoms with Crippen LogP contribution in [-0.2, 0) is 20.8 Å². The number of allylic oxidation sites excluding steroid dienone is 1. The van der Waals surface area contributed by atoms with Gasteiger partial charge in [0.1, 0.15) is 11.8 Å². The second-order valence-corrected chi connectivity index (χ2v) is 10.6. The first-order valence-electron chi connectivity index (χ1n) is 12.9. The quantitative estimate of drug-likeness (QED) is 0.433. The van der Waals surface area contributed by atoms with Gasteiger partial charge in [-0.2, -0.15) is 0 Å². The molecule has 2 aliphatic rings. The van der Waals surface area contributed by atoms with Crippen LogP contribution in [0.4, 0.5) is 0 Å². The highest BCUT2D eigenvalue weighted by molar-refractivity contribution is 7.07. The fraction of sp³-hybridized carbons (Fsp3) is 0.414. The second kappa shape index (κ2) is 10.7. The summed E-state index contributed by atoms with van der Waals surface area (Å²) in [4.78, 5) is 32.3. The number of aryl methyl sites for hydroxylation is 1. The predicted molar refractivity (Wildman–Crippen MR) is 146 cm³/mol. The average Bonchev–Trinajstić information content (AvgIpc) is 3.59. The van der Waals surface area contributed by atoms with Crippen molar-refractivity contribution in [1.29, 1.82) is 0 Å². The number of carbonyl (C=O) groups is 1. The van der Waals surface area contributed by atoms with Crippen molar-refractivity contribution in [3.8, 4) is 5.75 Å². The molecule has 0 bridgehead atoms. The number of fused-ring (bicyclic) bond motifs is 1. The number of aromatic nitrogens is 2. The second-order valence-electron chi connectivity index (χ2n) is 9.62. The smallest absolute Gasteiger partial charge is 0.338 e. The van der Waals surface area contributed by atoms with E-state index < -0.39 is 12.0 Å². The van der Waals surface area contributed by atoms with Gasteiger partial charge in [0.15, 0.2) is 4.80 Å². The minimum absolute atomic E-state index is 0.206. The maximum atomic E-state index is 14.0. The van der Waals surface area contributed by atoms with Crippen molar-refractivity contribution in [2.45, 2.75) is 59.2 Å². The lowest BCUT2D eigenvalue weighted by Gasteiger charge is -2.25. The molecule has 3 aromatic rings. The molecule has 1 saturated heterocycles. The van der Waals surface area contributed by atoms with Crippen LogP contribution >= 0.6 is 11.3 Å². The van der Waals surface area contributed by atoms with Gasteiger partial charge in [0.05, 0.1) is 35.6 Å². The summed E-state index contributed by atoms with van der Waals surface area (Å²) < 4.78 is 21.3. The van der Waals surface area contributed by atoms with E-state index in [1.165, 1.54) is 11.3 Å². The number of carbonyl (C=O) groups excluding carboxylic acids is 1. The zero-order valence-electron chi connectivity index (χ0n) is 22.4. The topological polar surface area (TPSA) is 84.0 Å². The lowest BCUT2D eigenvalue weighted by Crippen LogP contribution is -2.40. The van der Waals surface area contributed by atoms with Crippen LogP contribution in [0.5, 0.6) is 5.75 Å². The molecule has 0 N–H and O–H groups in total. The molecule has 200 valence electrons. The Hall–Kier alpha value is -3.43. The molecule has 38 heavy (non-hydrogen) atoms. The van der Waals surface area contributed by atoms with Crippen LogP contribution in [0, 0.1) is 13.8 Å². The van der Waals surface area contributed by atoms with Gasteiger partial charge in [-0.15, -0.1) is 0 Å². The minimum atomic E-state index is -0.712. The summed E-state index contributed by atoms with van der Waals surface area (Å²) in [6.07, 6.45) is 4.32. The summed E-state index contributed by atoms with van der Waals surface area (Å²) >= 11 is 1.32. The number of nitrogens with zero attached hydrogens (tertiary/aromatic N) is 3. The van der Waals surface area contributed by atoms with Gasteiger partial charge >= 0.3 is 5.97 Å². The Bertz CT molecular complexity index is 1590. The van der Waals surface area contributed by atoms with Crippen molar-refractivity contribution in [3.05, 3.63) is 83.8 Å². The molecule has 2 aromatic heterocycles. The molecule has 1 aromatic carbocycles. The number of rotatable bonds is 7. The lowest BCUT2D eigenvalue weighted by molar-refractivity contribution is -0.139. The molecule has 8 nitrogen and oxygen atoms in total. The van der Waals surface area contributed by atoms with Crippen LogP contribution in [0.15, 0.2) is 51.4 Å². The third-order valence-corrected chi connectivity index (χ3v) is 8.24. The van der Waals surface area contributed by atoms with Crippen LogP contribution in [0.25, 0.3) is 6.08 Å². The van der Waals surface area contributed by atoms with Crippen LogP contribution in [0.1, 0.15) is 55.2 Å². The van der Waals surface area contributed by atoms with Gasteiger partial charge in [0, 0.05) is 30.1 Å². The highest BCUT2D eigenvalue weighted by Crippen LogP contribution is 2.35. The Morgan fingerprint density at radius 1 is 1.26 bits per heavy atom. The van der Waals surface area contributed by atoms with E-state index in [-0.39, 0.29) is 18.3 Å². The largest absolute Gasteiger partial charge is 0.496 e. The van der Waals surface area contributed by atoms with E-state index in [9.17, 15) is 9.59 Å². The standard InChI is InChI=1S/C29H33N3O5S/c1-6-36-28(34)25-18(3)30-29-32(26(25)22-11-7-8-12-23(22)35-5)27(33)24(38-29)15-20-14-17(2)31(19(20)4)16-21-10-9-13-37-21/h7-8,11-12,14-15,21,26H,6,9-10,13,16H2,1-5H3/b24-15-/t21-,26-/m1/s1. The van der Waals surface area contributed by atoms with Crippen molar-refractivity contribution in [3.63, 3.8) is 0 Å². The fourth-order valence-corrected chi connectivity index (χ4v) is 6.40. The number of hydrogen-bond acceptors (Lipinski definition) is 7. The van der Waals surface area contributed by atoms with E-state index in [0.29, 0.717) is 31.9 Å². The Morgan fingerprint density at radius 2 is 2.05 bits per heavy atom. The zero-order valence-corrected chi connectivity index (χ0v) is 23.3. The van der Waals surface area contributed by atoms with E-state index >= 15 is 0 Å². The summed E-state index contributed by atoms with van der Waals surface area (Å²) in [5.41, 5.74) is 4.57. The molecule has 0 aliphatic carbocycles. The van der Waals surface area contributed by atoms with Crippen LogP contribution in [-0.4, -0.2) is 41.5 Å². The number of para-hydroxylation sites is 1. The summed E-state index contributed by atoms with van der Waals surface area (Å²) in [5.74, 6) is 0.0952. The molecule has 0 radical (unpaired) electrons. The lowest BCUT2D eigenvalue weighted by atomic mass is 9.95. The van der Waals surface area contributed by atoms with Gasteiger partial charge < -0.3 is 18.8 Å². The average molecular weight is 536 g/mol. The Morgan fingerprint density at radius 3 is 2.76 bits per heavy atom. The first-order valence-corrected chi connectivity index (χ1v) is 13.8. The fourth-order valence-electron chi connectivity index (χ4n) is 5.37. The Labute approximate surface area is 225 Å². The highest BCUT2D eigenvalue weighted by atomic mass is 32.1. The Kier molecular flexibility index (Phi) is 7.40. The monoisotopic (exact) mass is 535 g/mol. The molecule has 9 heteroatoms. The van der Waals surface area contributed by atoms with Gasteiger partial charge in [0.2, 0.25) is 0 Å². The highest BCUT2D eigenvalue weighted by Gasteiger charge is 2.35. The Balaban J connectivity index is 1.66. The first-order chi connectivity index (χ1) is 18.3. The van der Waals surface area contributed by atoms with Gasteiger partial charge in [-0.1, -0.05) is 29.5 Å². The molecule has 0 amide bonds. The van der Waals surface area contributed by atoms with Crippen LogP contribution in [0.2, 0.25) is 0 Å². The first kappa shape index (κ1) is 26.2. The maximum absolute atomic E-state index is 14.0. The van der Waals surface area contributed by atoms with Gasteiger partial charge in [-0.25, -0.2) is 9.79 Å². The van der Waals surface area contributed by atoms with Gasteiger partial charge in [-0.3, -0.25) is 9.36 Å². The molecule has 1 fully saturated rings. The summed E-state index contributed by atoms with van der Waals surface area (Å²) in [6, 6.07) is 8.82. The number of thiazole rings is 1. The molecule has 2 atom stereocenters. The van der Waals surface area contributed by atoms with Gasteiger partial charge in [0.25, 0.3) is 5.56 Å². The van der Waals surface area contributed by atoms with Crippen LogP contribution in [0.3, 0.4) is 0 Å². The summed E-state index contributed by atoms with van der Waals surface area (Å²) in [5, 5.41) is 0. The van der Waals surface area contributed by atoms with Crippen molar-refractivity contribution < 1.29 is 19.0 Å². The molecule has 4 heterocycles. The van der Waals surface area contributed by atoms with E-state index in [1.807, 2.05) is 30.3 Å². The van der Waals surface area contributed by atoms with E-state index in [1.54, 1.807) is 25.5 Å². The third kappa shape index (κ3) is 4.65. The molecule has 0 saturated carbocycles. The molecule has 0 spiro atoms. The zero-order chi connectivity index (χ0) is 27.0. The predicted octanol–water partition coefficient (Wildman–Crippen LogP) is 3.40. The minimum Gasteiger partial charge on any atom is -0.496 e. The van der Waals surface area contributed by atoms with Crippen LogP contribution < -0.4 is 19.6 Å². The van der Waals surface area contributed by atoms with E-state index in [2.05, 4.69) is 29.5 Å². The molecule has 2 aliphatic heterocycles. The molecular weight excluding hydrogens is 502 g/mol. The van der Waals surface area contributed by atoms with E-state index in [4.69, 9.17) is 14.2 Å².